The summed E-state index contributed by atoms with van der Waals surface area (Å²) in [5, 5.41) is 6.30. The number of hydrogen-bond donors (Lipinski definition) is 2. The zero-order valence-electron chi connectivity index (χ0n) is 16.6. The first-order valence-corrected chi connectivity index (χ1v) is 10.8. The van der Waals surface area contributed by atoms with Gasteiger partial charge in [-0.25, -0.2) is 4.98 Å². The highest BCUT2D eigenvalue weighted by atomic mass is 35.5. The minimum Gasteiger partial charge on any atom is -0.321 e. The van der Waals surface area contributed by atoms with Crippen LogP contribution in [-0.4, -0.2) is 22.7 Å². The Morgan fingerprint density at radius 1 is 0.848 bits per heavy atom. The van der Waals surface area contributed by atoms with E-state index in [2.05, 4.69) is 15.6 Å². The number of halogens is 3. The number of carbonyl (C=O) groups is 3. The Morgan fingerprint density at radius 3 is 2.45 bits per heavy atom. The van der Waals surface area contributed by atoms with E-state index >= 15 is 0 Å². The number of aromatic nitrogens is 1. The minimum atomic E-state index is -0.561. The first-order chi connectivity index (χ1) is 15.8. The lowest BCUT2D eigenvalue weighted by Gasteiger charge is -2.13. The Labute approximate surface area is 202 Å². The third kappa shape index (κ3) is 3.62. The Kier molecular flexibility index (Phi) is 5.29. The molecule has 6 nitrogen and oxygen atoms in total. The van der Waals surface area contributed by atoms with Gasteiger partial charge < -0.3 is 5.32 Å². The Hall–Kier alpha value is -3.45. The van der Waals surface area contributed by atoms with Crippen LogP contribution in [0.2, 0.25) is 15.1 Å². The minimum absolute atomic E-state index is 0.127. The highest BCUT2D eigenvalue weighted by Crippen LogP contribution is 2.38. The number of carbonyl (C=O) groups excluding carboxylic acids is 3. The number of benzene rings is 3. The summed E-state index contributed by atoms with van der Waals surface area (Å²) in [7, 11) is 0. The topological polar surface area (TPSA) is 88.2 Å². The van der Waals surface area contributed by atoms with Crippen LogP contribution in [0.4, 0.5) is 5.69 Å². The van der Waals surface area contributed by atoms with E-state index in [1.165, 1.54) is 6.07 Å². The monoisotopic (exact) mass is 495 g/mol. The van der Waals surface area contributed by atoms with Crippen molar-refractivity contribution < 1.29 is 14.4 Å². The van der Waals surface area contributed by atoms with Crippen molar-refractivity contribution in [3.8, 4) is 11.3 Å². The lowest BCUT2D eigenvalue weighted by atomic mass is 10.0. The molecule has 162 valence electrons. The Balaban J connectivity index is 1.64. The van der Waals surface area contributed by atoms with E-state index in [1.807, 2.05) is 0 Å². The largest absolute Gasteiger partial charge is 0.321 e. The van der Waals surface area contributed by atoms with Gasteiger partial charge >= 0.3 is 0 Å². The second kappa shape index (κ2) is 8.15. The second-order valence-electron chi connectivity index (χ2n) is 7.26. The number of imide groups is 1. The molecule has 5 rings (SSSR count). The molecule has 0 radical (unpaired) electrons. The van der Waals surface area contributed by atoms with Crippen molar-refractivity contribution in [2.24, 2.45) is 0 Å². The van der Waals surface area contributed by atoms with Crippen molar-refractivity contribution in [2.75, 3.05) is 5.32 Å². The molecule has 1 aliphatic heterocycles. The van der Waals surface area contributed by atoms with Gasteiger partial charge in [-0.1, -0.05) is 59.1 Å². The molecule has 2 N–H and O–H groups in total. The van der Waals surface area contributed by atoms with Crippen LogP contribution in [-0.2, 0) is 0 Å². The molecule has 0 fully saturated rings. The number of hydrogen-bond acceptors (Lipinski definition) is 4. The van der Waals surface area contributed by atoms with Gasteiger partial charge in [0, 0.05) is 10.9 Å². The maximum absolute atomic E-state index is 13.4. The summed E-state index contributed by atoms with van der Waals surface area (Å²) in [6.07, 6.45) is 0. The summed E-state index contributed by atoms with van der Waals surface area (Å²) in [5.74, 6) is -1.54. The standard InChI is InChI=1S/C24H12Cl3N3O3/c25-15-9-8-12(20(26)21(15)27)18-10-14(11-4-1-2-6-16(11)28-18)23(32)29-17-7-3-5-13-19(17)24(33)30-22(13)31/h1-10H,(H,29,32)(H,30,31,33). The Morgan fingerprint density at radius 2 is 1.64 bits per heavy atom. The quantitative estimate of drug-likeness (QED) is 0.269. The molecule has 2 heterocycles. The van der Waals surface area contributed by atoms with Crippen molar-refractivity contribution in [1.82, 2.24) is 10.3 Å². The number of pyridine rings is 1. The summed E-state index contributed by atoms with van der Waals surface area (Å²) in [6.45, 7) is 0. The lowest BCUT2D eigenvalue weighted by Crippen LogP contribution is -2.21. The van der Waals surface area contributed by atoms with Gasteiger partial charge in [-0.3, -0.25) is 19.7 Å². The molecule has 0 saturated heterocycles. The maximum atomic E-state index is 13.4. The molecular formula is C24H12Cl3N3O3. The number of fused-ring (bicyclic) bond motifs is 2. The van der Waals surface area contributed by atoms with Crippen molar-refractivity contribution in [3.63, 3.8) is 0 Å². The fraction of sp³-hybridized carbons (Fsp3) is 0. The van der Waals surface area contributed by atoms with E-state index in [-0.39, 0.29) is 26.9 Å². The van der Waals surface area contributed by atoms with Crippen LogP contribution in [0.1, 0.15) is 31.1 Å². The van der Waals surface area contributed by atoms with E-state index in [0.717, 1.165) is 0 Å². The summed E-state index contributed by atoms with van der Waals surface area (Å²) in [6, 6.07) is 16.7. The van der Waals surface area contributed by atoms with Crippen LogP contribution in [0.15, 0.2) is 60.7 Å². The van der Waals surface area contributed by atoms with E-state index in [4.69, 9.17) is 34.8 Å². The molecule has 3 aromatic carbocycles. The third-order valence-corrected chi connectivity index (χ3v) is 6.58. The SMILES string of the molecule is O=C1NC(=O)c2c(NC(=O)c3cc(-c4ccc(Cl)c(Cl)c4Cl)nc4ccccc34)cccc21. The molecule has 0 unspecified atom stereocenters. The van der Waals surface area contributed by atoms with Gasteiger partial charge in [-0.05, 0) is 36.4 Å². The van der Waals surface area contributed by atoms with Gasteiger partial charge in [-0.2, -0.15) is 0 Å². The molecule has 33 heavy (non-hydrogen) atoms. The molecule has 9 heteroatoms. The molecule has 1 aromatic heterocycles. The van der Waals surface area contributed by atoms with E-state index < -0.39 is 17.7 Å². The maximum Gasteiger partial charge on any atom is 0.261 e. The normalized spacial score (nSPS) is 12.6. The van der Waals surface area contributed by atoms with Gasteiger partial charge in [0.05, 0.1) is 48.7 Å². The first kappa shape index (κ1) is 21.4. The van der Waals surface area contributed by atoms with E-state index in [9.17, 15) is 14.4 Å². The predicted octanol–water partition coefficient (Wildman–Crippen LogP) is 6.00. The highest BCUT2D eigenvalue weighted by molar-refractivity contribution is 6.49. The molecule has 1 aliphatic rings. The molecule has 0 aliphatic carbocycles. The Bertz CT molecular complexity index is 1520. The lowest BCUT2D eigenvalue weighted by molar-refractivity contribution is 0.0879. The second-order valence-corrected chi connectivity index (χ2v) is 8.42. The van der Waals surface area contributed by atoms with Crippen LogP contribution in [0.5, 0.6) is 0 Å². The predicted molar refractivity (Wildman–Crippen MR) is 128 cm³/mol. The summed E-state index contributed by atoms with van der Waals surface area (Å²) >= 11 is 18.7. The van der Waals surface area contributed by atoms with E-state index in [0.29, 0.717) is 32.7 Å². The number of rotatable bonds is 3. The molecule has 4 aromatic rings. The molecule has 0 saturated carbocycles. The number of para-hydroxylation sites is 1. The zero-order chi connectivity index (χ0) is 23.3. The van der Waals surface area contributed by atoms with Crippen LogP contribution < -0.4 is 10.6 Å². The zero-order valence-corrected chi connectivity index (χ0v) is 18.8. The van der Waals surface area contributed by atoms with Gasteiger partial charge in [0.25, 0.3) is 17.7 Å². The third-order valence-electron chi connectivity index (χ3n) is 5.28. The highest BCUT2D eigenvalue weighted by Gasteiger charge is 2.30. The average Bonchev–Trinajstić information content (AvgIpc) is 3.11. The van der Waals surface area contributed by atoms with Gasteiger partial charge in [0.15, 0.2) is 0 Å². The van der Waals surface area contributed by atoms with Crippen molar-refractivity contribution >= 4 is 69.1 Å². The summed E-state index contributed by atoms with van der Waals surface area (Å²) < 4.78 is 0. The van der Waals surface area contributed by atoms with Crippen LogP contribution in [0.25, 0.3) is 22.2 Å². The van der Waals surface area contributed by atoms with Gasteiger partial charge in [0.2, 0.25) is 0 Å². The molecule has 0 atom stereocenters. The molecule has 0 spiro atoms. The van der Waals surface area contributed by atoms with Gasteiger partial charge in [0.1, 0.15) is 0 Å². The van der Waals surface area contributed by atoms with E-state index in [1.54, 1.807) is 54.6 Å². The van der Waals surface area contributed by atoms with Crippen molar-refractivity contribution in [3.05, 3.63) is 92.4 Å². The molecule has 0 bridgehead atoms. The smallest absolute Gasteiger partial charge is 0.261 e. The van der Waals surface area contributed by atoms with Crippen molar-refractivity contribution in [1.29, 1.82) is 0 Å². The fourth-order valence-corrected chi connectivity index (χ4v) is 4.37. The number of anilines is 1. The number of nitrogens with zero attached hydrogens (tertiary/aromatic N) is 1. The van der Waals surface area contributed by atoms with Crippen LogP contribution in [0.3, 0.4) is 0 Å². The van der Waals surface area contributed by atoms with Crippen LogP contribution >= 0.6 is 34.8 Å². The summed E-state index contributed by atoms with van der Waals surface area (Å²) in [5.41, 5.74) is 2.37. The summed E-state index contributed by atoms with van der Waals surface area (Å²) in [4.78, 5) is 42.2. The van der Waals surface area contributed by atoms with Gasteiger partial charge in [-0.15, -0.1) is 0 Å². The molecular weight excluding hydrogens is 485 g/mol. The number of amides is 3. The average molecular weight is 497 g/mol. The van der Waals surface area contributed by atoms with Crippen molar-refractivity contribution in [2.45, 2.75) is 0 Å². The fourth-order valence-electron chi connectivity index (χ4n) is 3.74. The van der Waals surface area contributed by atoms with Crippen LogP contribution in [0, 0.1) is 0 Å². The molecule has 3 amide bonds. The number of nitrogens with one attached hydrogen (secondary N) is 2. The first-order valence-electron chi connectivity index (χ1n) is 9.69.